The van der Waals surface area contributed by atoms with Crippen molar-refractivity contribution in [3.05, 3.63) is 72.7 Å². The highest BCUT2D eigenvalue weighted by Crippen LogP contribution is 2.39. The molecular weight excluding hydrogens is 509 g/mol. The summed E-state index contributed by atoms with van der Waals surface area (Å²) in [7, 11) is 0. The lowest BCUT2D eigenvalue weighted by molar-refractivity contribution is 0.196. The predicted molar refractivity (Wildman–Crippen MR) is 155 cm³/mol. The summed E-state index contributed by atoms with van der Waals surface area (Å²) >= 11 is 0. The number of halogens is 1. The van der Waals surface area contributed by atoms with Crippen molar-refractivity contribution >= 4 is 40.4 Å². The highest BCUT2D eigenvalue weighted by atomic mass is 19.1. The van der Waals surface area contributed by atoms with Gasteiger partial charge in [-0.3, -0.25) is 0 Å². The van der Waals surface area contributed by atoms with Crippen LogP contribution in [0.5, 0.6) is 11.5 Å². The molecule has 3 aliphatic rings. The molecule has 10 heteroatoms. The van der Waals surface area contributed by atoms with Gasteiger partial charge in [-0.15, -0.1) is 0 Å². The van der Waals surface area contributed by atoms with Crippen LogP contribution in [0.4, 0.5) is 21.7 Å². The highest BCUT2D eigenvalue weighted by molar-refractivity contribution is 5.98. The first-order valence-corrected chi connectivity index (χ1v) is 13.3. The second-order valence-corrected chi connectivity index (χ2v) is 10.3. The van der Waals surface area contributed by atoms with Gasteiger partial charge in [-0.2, -0.15) is 0 Å². The third kappa shape index (κ3) is 5.42. The lowest BCUT2D eigenvalue weighted by atomic mass is 9.88. The van der Waals surface area contributed by atoms with Crippen molar-refractivity contribution in [2.24, 2.45) is 21.8 Å². The summed E-state index contributed by atoms with van der Waals surface area (Å²) in [6.07, 6.45) is 9.99. The summed E-state index contributed by atoms with van der Waals surface area (Å²) < 4.78 is 27.4. The van der Waals surface area contributed by atoms with Crippen molar-refractivity contribution in [2.75, 3.05) is 29.9 Å². The average molecular weight is 540 g/mol. The molecule has 40 heavy (non-hydrogen) atoms. The standard InChI is InChI=1S/C30H30FN7O2/c1-18-9-10-38-14-21(18)15-39-27-13-26-28(37-30(27)38)29(35-17-34-26)36-25-8-7-23(12-24(25)31)40-22-6-4-5-19(2)32-16-33-20(3)11-22/h4,6-8,11-13,16-18,21H,2,5,9-10,14-15H2,1,3H3,(H,34,35,36)/b6-4-,22-11+,32-16-,33-20+/t18?,21-/m0/s1. The van der Waals surface area contributed by atoms with Crippen LogP contribution >= 0.6 is 0 Å². The third-order valence-electron chi connectivity index (χ3n) is 7.34. The fraction of sp³-hybridized carbons (Fsp3) is 0.300. The molecular formula is C30H30FN7O2. The number of pyridine rings is 1. The van der Waals surface area contributed by atoms with E-state index in [4.69, 9.17) is 14.5 Å². The van der Waals surface area contributed by atoms with Crippen LogP contribution in [0.15, 0.2) is 76.8 Å². The quantitative estimate of drug-likeness (QED) is 0.435. The van der Waals surface area contributed by atoms with Crippen LogP contribution in [0, 0.1) is 17.7 Å². The molecule has 0 spiro atoms. The van der Waals surface area contributed by atoms with Crippen LogP contribution < -0.4 is 19.7 Å². The largest absolute Gasteiger partial charge is 0.489 e. The molecule has 0 amide bonds. The van der Waals surface area contributed by atoms with Gasteiger partial charge in [-0.25, -0.2) is 29.3 Å². The fourth-order valence-electron chi connectivity index (χ4n) is 4.98. The zero-order valence-electron chi connectivity index (χ0n) is 22.5. The van der Waals surface area contributed by atoms with Crippen molar-refractivity contribution < 1.29 is 13.9 Å². The Hall–Kier alpha value is -4.60. The number of nitrogens with zero attached hydrogens (tertiary/aromatic N) is 6. The minimum absolute atomic E-state index is 0.243. The van der Waals surface area contributed by atoms with Gasteiger partial charge >= 0.3 is 0 Å². The van der Waals surface area contributed by atoms with E-state index in [-0.39, 0.29) is 5.69 Å². The van der Waals surface area contributed by atoms with E-state index >= 15 is 4.39 Å². The Balaban J connectivity index is 1.26. The number of aromatic nitrogens is 3. The Labute approximate surface area is 231 Å². The normalized spacial score (nSPS) is 24.9. The first-order valence-electron chi connectivity index (χ1n) is 13.3. The van der Waals surface area contributed by atoms with E-state index in [2.05, 4.69) is 43.7 Å². The van der Waals surface area contributed by atoms with Gasteiger partial charge in [0.05, 0.1) is 17.8 Å². The van der Waals surface area contributed by atoms with E-state index in [1.807, 2.05) is 19.1 Å². The van der Waals surface area contributed by atoms with Gasteiger partial charge in [0.2, 0.25) is 0 Å². The number of rotatable bonds is 4. The molecule has 2 aromatic heterocycles. The molecule has 2 bridgehead atoms. The molecule has 1 N–H and O–H groups in total. The van der Waals surface area contributed by atoms with E-state index in [1.54, 1.807) is 24.3 Å². The molecule has 6 rings (SSSR count). The van der Waals surface area contributed by atoms with Crippen molar-refractivity contribution in [1.29, 1.82) is 0 Å². The zero-order chi connectivity index (χ0) is 27.6. The Kier molecular flexibility index (Phi) is 6.98. The SMILES string of the molecule is C=C1C\C=C/C(Oc2ccc(Nc3ncnc4cc5c(nc34)N3CCC(C)[C@H](CO5)C3)c(F)c2)=C\C(C)=N\C=N/1. The summed E-state index contributed by atoms with van der Waals surface area (Å²) in [6, 6.07) is 6.53. The van der Waals surface area contributed by atoms with Gasteiger partial charge in [0.1, 0.15) is 35.5 Å². The molecule has 0 aliphatic carbocycles. The monoisotopic (exact) mass is 539 g/mol. The van der Waals surface area contributed by atoms with Gasteiger partial charge in [0.15, 0.2) is 17.4 Å². The number of piperidine rings is 1. The number of allylic oxidation sites excluding steroid dienone is 3. The number of ether oxygens (including phenoxy) is 2. The van der Waals surface area contributed by atoms with Gasteiger partial charge < -0.3 is 19.7 Å². The predicted octanol–water partition coefficient (Wildman–Crippen LogP) is 5.99. The molecule has 1 aromatic carbocycles. The maximum Gasteiger partial charge on any atom is 0.172 e. The number of anilines is 3. The van der Waals surface area contributed by atoms with Crippen LogP contribution in [0.3, 0.4) is 0 Å². The summed E-state index contributed by atoms with van der Waals surface area (Å²) in [5, 5.41) is 3.10. The maximum absolute atomic E-state index is 15.3. The molecule has 0 radical (unpaired) electrons. The molecule has 1 fully saturated rings. The first kappa shape index (κ1) is 25.7. The second-order valence-electron chi connectivity index (χ2n) is 10.3. The molecule has 204 valence electrons. The Morgan fingerprint density at radius 3 is 3.00 bits per heavy atom. The van der Waals surface area contributed by atoms with Crippen molar-refractivity contribution in [1.82, 2.24) is 15.0 Å². The number of hydrogen-bond donors (Lipinski definition) is 1. The number of benzene rings is 1. The van der Waals surface area contributed by atoms with Gasteiger partial charge in [0.25, 0.3) is 0 Å². The van der Waals surface area contributed by atoms with Crippen molar-refractivity contribution in [3.8, 4) is 11.5 Å². The highest BCUT2D eigenvalue weighted by Gasteiger charge is 2.32. The third-order valence-corrected chi connectivity index (χ3v) is 7.34. The second kappa shape index (κ2) is 10.9. The summed E-state index contributed by atoms with van der Waals surface area (Å²) in [5.41, 5.74) is 2.80. The molecule has 1 saturated heterocycles. The maximum atomic E-state index is 15.3. The molecule has 3 aromatic rings. The van der Waals surface area contributed by atoms with Crippen molar-refractivity contribution in [2.45, 2.75) is 26.7 Å². The smallest absolute Gasteiger partial charge is 0.172 e. The number of fused-ring (bicyclic) bond motifs is 5. The van der Waals surface area contributed by atoms with Crippen molar-refractivity contribution in [3.63, 3.8) is 0 Å². The van der Waals surface area contributed by atoms with Crippen LogP contribution in [-0.2, 0) is 0 Å². The Morgan fingerprint density at radius 2 is 2.12 bits per heavy atom. The van der Waals surface area contributed by atoms with E-state index in [9.17, 15) is 0 Å². The lowest BCUT2D eigenvalue weighted by Gasteiger charge is -2.34. The van der Waals surface area contributed by atoms with E-state index in [1.165, 1.54) is 18.7 Å². The Morgan fingerprint density at radius 1 is 1.23 bits per heavy atom. The van der Waals surface area contributed by atoms with E-state index < -0.39 is 5.82 Å². The molecule has 5 heterocycles. The summed E-state index contributed by atoms with van der Waals surface area (Å²) in [6.45, 7) is 10.5. The summed E-state index contributed by atoms with van der Waals surface area (Å²) in [4.78, 5) is 24.4. The van der Waals surface area contributed by atoms with Crippen LogP contribution in [0.1, 0.15) is 26.7 Å². The minimum Gasteiger partial charge on any atom is -0.489 e. The van der Waals surface area contributed by atoms with E-state index in [0.29, 0.717) is 64.6 Å². The lowest BCUT2D eigenvalue weighted by Crippen LogP contribution is -2.40. The van der Waals surface area contributed by atoms with Gasteiger partial charge in [-0.1, -0.05) is 19.6 Å². The number of nitrogens with one attached hydrogen (secondary N) is 1. The topological polar surface area (TPSA) is 97.1 Å². The van der Waals surface area contributed by atoms with Crippen LogP contribution in [-0.4, -0.2) is 46.7 Å². The average Bonchev–Trinajstić information content (AvgIpc) is 3.08. The molecule has 0 saturated carbocycles. The number of hydrogen-bond acceptors (Lipinski definition) is 9. The van der Waals surface area contributed by atoms with E-state index in [0.717, 1.165) is 31.1 Å². The minimum atomic E-state index is -0.495. The molecule has 2 atom stereocenters. The van der Waals surface area contributed by atoms with Gasteiger partial charge in [0, 0.05) is 55.0 Å². The molecule has 1 unspecified atom stereocenters. The molecule has 3 aliphatic heterocycles. The first-order chi connectivity index (χ1) is 19.4. The van der Waals surface area contributed by atoms with Crippen LogP contribution in [0.25, 0.3) is 11.0 Å². The van der Waals surface area contributed by atoms with Crippen LogP contribution in [0.2, 0.25) is 0 Å². The van der Waals surface area contributed by atoms with Gasteiger partial charge in [-0.05, 0) is 37.5 Å². The Bertz CT molecular complexity index is 1600. The molecule has 9 nitrogen and oxygen atoms in total. The fourth-order valence-corrected chi connectivity index (χ4v) is 4.98. The zero-order valence-corrected chi connectivity index (χ0v) is 22.5. The number of aliphatic imine (C=N–C) groups is 2. The summed E-state index contributed by atoms with van der Waals surface area (Å²) in [5.74, 6) is 3.35.